The molecule has 1 aromatic heterocycles. The standard InChI is InChI=1S/C10H7F3N2/c11-10(12,13)8-2-1-3-9(6-8)15-5-4-14-7-15/h1-7H. The quantitative estimate of drug-likeness (QED) is 0.710. The normalized spacial score (nSPS) is 11.7. The van der Waals surface area contributed by atoms with Crippen LogP contribution in [0.5, 0.6) is 0 Å². The second kappa shape index (κ2) is 3.42. The number of halogens is 3. The van der Waals surface area contributed by atoms with Gasteiger partial charge in [-0.3, -0.25) is 0 Å². The fraction of sp³-hybridized carbons (Fsp3) is 0.100. The number of hydrogen-bond acceptors (Lipinski definition) is 1. The lowest BCUT2D eigenvalue weighted by atomic mass is 10.2. The summed E-state index contributed by atoms with van der Waals surface area (Å²) in [5.41, 5.74) is -0.212. The third-order valence-electron chi connectivity index (χ3n) is 1.98. The minimum Gasteiger partial charge on any atom is -0.306 e. The van der Waals surface area contributed by atoms with Crippen LogP contribution >= 0.6 is 0 Å². The van der Waals surface area contributed by atoms with Gasteiger partial charge in [0.1, 0.15) is 0 Å². The van der Waals surface area contributed by atoms with Crippen molar-refractivity contribution in [2.45, 2.75) is 6.18 Å². The lowest BCUT2D eigenvalue weighted by Crippen LogP contribution is -2.05. The van der Waals surface area contributed by atoms with E-state index < -0.39 is 11.7 Å². The molecule has 15 heavy (non-hydrogen) atoms. The number of imidazole rings is 1. The summed E-state index contributed by atoms with van der Waals surface area (Å²) >= 11 is 0. The van der Waals surface area contributed by atoms with Crippen LogP contribution in [-0.4, -0.2) is 9.55 Å². The summed E-state index contributed by atoms with van der Waals surface area (Å²) in [4.78, 5) is 3.77. The van der Waals surface area contributed by atoms with Crippen molar-refractivity contribution in [2.75, 3.05) is 0 Å². The topological polar surface area (TPSA) is 17.8 Å². The average molecular weight is 212 g/mol. The Bertz CT molecular complexity index is 446. The lowest BCUT2D eigenvalue weighted by Gasteiger charge is -2.08. The van der Waals surface area contributed by atoms with Crippen LogP contribution in [0, 0.1) is 0 Å². The molecule has 0 atom stereocenters. The molecule has 0 saturated heterocycles. The predicted octanol–water partition coefficient (Wildman–Crippen LogP) is 2.89. The fourth-order valence-electron chi connectivity index (χ4n) is 1.25. The van der Waals surface area contributed by atoms with Gasteiger partial charge in [0.25, 0.3) is 0 Å². The van der Waals surface area contributed by atoms with E-state index in [4.69, 9.17) is 0 Å². The predicted molar refractivity (Wildman–Crippen MR) is 48.6 cm³/mol. The van der Waals surface area contributed by atoms with Gasteiger partial charge < -0.3 is 4.57 Å². The molecule has 0 aliphatic heterocycles. The van der Waals surface area contributed by atoms with Crippen molar-refractivity contribution in [1.29, 1.82) is 0 Å². The van der Waals surface area contributed by atoms with E-state index in [-0.39, 0.29) is 0 Å². The van der Waals surface area contributed by atoms with Crippen LogP contribution < -0.4 is 0 Å². The Morgan fingerprint density at radius 1 is 1.20 bits per heavy atom. The Kier molecular flexibility index (Phi) is 2.22. The Balaban J connectivity index is 2.44. The maximum absolute atomic E-state index is 12.4. The Labute approximate surface area is 84.0 Å². The molecule has 2 rings (SSSR count). The van der Waals surface area contributed by atoms with Crippen LogP contribution in [-0.2, 0) is 6.18 Å². The van der Waals surface area contributed by atoms with Gasteiger partial charge in [0.05, 0.1) is 11.9 Å². The zero-order chi connectivity index (χ0) is 10.9. The second-order valence-electron chi connectivity index (χ2n) is 3.02. The highest BCUT2D eigenvalue weighted by atomic mass is 19.4. The van der Waals surface area contributed by atoms with E-state index in [1.165, 1.54) is 23.2 Å². The van der Waals surface area contributed by atoms with Gasteiger partial charge in [-0.05, 0) is 18.2 Å². The smallest absolute Gasteiger partial charge is 0.306 e. The first kappa shape index (κ1) is 9.76. The van der Waals surface area contributed by atoms with Crippen LogP contribution in [0.2, 0.25) is 0 Å². The van der Waals surface area contributed by atoms with Gasteiger partial charge in [0.2, 0.25) is 0 Å². The summed E-state index contributed by atoms with van der Waals surface area (Å²) in [5.74, 6) is 0. The van der Waals surface area contributed by atoms with Gasteiger partial charge in [-0.2, -0.15) is 13.2 Å². The highest BCUT2D eigenvalue weighted by Crippen LogP contribution is 2.30. The summed E-state index contributed by atoms with van der Waals surface area (Å²) in [6.45, 7) is 0. The van der Waals surface area contributed by atoms with Crippen molar-refractivity contribution in [1.82, 2.24) is 9.55 Å². The van der Waals surface area contributed by atoms with Crippen molar-refractivity contribution in [3.05, 3.63) is 48.5 Å². The monoisotopic (exact) mass is 212 g/mol. The summed E-state index contributed by atoms with van der Waals surface area (Å²) in [6, 6.07) is 5.09. The van der Waals surface area contributed by atoms with E-state index in [0.29, 0.717) is 5.69 Å². The van der Waals surface area contributed by atoms with Crippen molar-refractivity contribution in [3.8, 4) is 5.69 Å². The van der Waals surface area contributed by atoms with E-state index >= 15 is 0 Å². The molecular formula is C10H7F3N2. The molecule has 0 bridgehead atoms. The van der Waals surface area contributed by atoms with Gasteiger partial charge in [0, 0.05) is 18.1 Å². The molecule has 78 valence electrons. The maximum Gasteiger partial charge on any atom is 0.416 e. The number of hydrogen-bond donors (Lipinski definition) is 0. The first-order valence-electron chi connectivity index (χ1n) is 4.23. The second-order valence-corrected chi connectivity index (χ2v) is 3.02. The highest BCUT2D eigenvalue weighted by Gasteiger charge is 2.30. The average Bonchev–Trinajstić information content (AvgIpc) is 2.69. The van der Waals surface area contributed by atoms with Gasteiger partial charge in [0.15, 0.2) is 0 Å². The maximum atomic E-state index is 12.4. The third-order valence-corrected chi connectivity index (χ3v) is 1.98. The number of rotatable bonds is 1. The molecule has 0 aliphatic rings. The first-order valence-corrected chi connectivity index (χ1v) is 4.23. The Morgan fingerprint density at radius 3 is 2.60 bits per heavy atom. The molecule has 2 aromatic rings. The molecule has 0 aliphatic carbocycles. The lowest BCUT2D eigenvalue weighted by molar-refractivity contribution is -0.137. The number of benzene rings is 1. The van der Waals surface area contributed by atoms with Crippen LogP contribution in [0.3, 0.4) is 0 Å². The van der Waals surface area contributed by atoms with Crippen LogP contribution in [0.4, 0.5) is 13.2 Å². The number of aromatic nitrogens is 2. The molecule has 5 heteroatoms. The van der Waals surface area contributed by atoms with E-state index in [0.717, 1.165) is 12.1 Å². The SMILES string of the molecule is FC(F)(F)c1cccc(-n2ccnc2)c1. The summed E-state index contributed by atoms with van der Waals surface area (Å²) in [6.07, 6.45) is 0.252. The fourth-order valence-corrected chi connectivity index (χ4v) is 1.25. The minimum atomic E-state index is -4.31. The van der Waals surface area contributed by atoms with Crippen molar-refractivity contribution in [2.24, 2.45) is 0 Å². The van der Waals surface area contributed by atoms with Crippen LogP contribution in [0.25, 0.3) is 5.69 Å². The molecule has 1 aromatic carbocycles. The molecular weight excluding hydrogens is 205 g/mol. The largest absolute Gasteiger partial charge is 0.416 e. The van der Waals surface area contributed by atoms with Crippen molar-refractivity contribution >= 4 is 0 Å². The molecule has 0 fully saturated rings. The minimum absolute atomic E-state index is 0.447. The van der Waals surface area contributed by atoms with Gasteiger partial charge >= 0.3 is 6.18 Å². The molecule has 0 N–H and O–H groups in total. The van der Waals surface area contributed by atoms with E-state index in [9.17, 15) is 13.2 Å². The van der Waals surface area contributed by atoms with Crippen LogP contribution in [0.1, 0.15) is 5.56 Å². The zero-order valence-corrected chi connectivity index (χ0v) is 7.57. The molecule has 0 amide bonds. The Hall–Kier alpha value is -1.78. The molecule has 2 nitrogen and oxygen atoms in total. The zero-order valence-electron chi connectivity index (χ0n) is 7.57. The molecule has 0 spiro atoms. The Morgan fingerprint density at radius 2 is 2.00 bits per heavy atom. The summed E-state index contributed by atoms with van der Waals surface area (Å²) < 4.78 is 38.7. The van der Waals surface area contributed by atoms with Gasteiger partial charge in [-0.25, -0.2) is 4.98 Å². The first-order chi connectivity index (χ1) is 7.07. The summed E-state index contributed by atoms with van der Waals surface area (Å²) in [7, 11) is 0. The molecule has 0 unspecified atom stereocenters. The number of alkyl halides is 3. The van der Waals surface area contributed by atoms with E-state index in [2.05, 4.69) is 4.98 Å². The molecule has 1 heterocycles. The third kappa shape index (κ3) is 2.01. The highest BCUT2D eigenvalue weighted by molar-refractivity contribution is 5.36. The van der Waals surface area contributed by atoms with Crippen molar-refractivity contribution < 1.29 is 13.2 Å². The molecule has 0 radical (unpaired) electrons. The number of nitrogens with zero attached hydrogens (tertiary/aromatic N) is 2. The van der Waals surface area contributed by atoms with Crippen LogP contribution in [0.15, 0.2) is 43.0 Å². The van der Waals surface area contributed by atoms with E-state index in [1.54, 1.807) is 12.3 Å². The molecule has 0 saturated carbocycles. The van der Waals surface area contributed by atoms with Gasteiger partial charge in [-0.1, -0.05) is 6.07 Å². The summed E-state index contributed by atoms with van der Waals surface area (Å²) in [5, 5.41) is 0. The van der Waals surface area contributed by atoms with E-state index in [1.807, 2.05) is 0 Å². The van der Waals surface area contributed by atoms with Crippen molar-refractivity contribution in [3.63, 3.8) is 0 Å². The van der Waals surface area contributed by atoms with Gasteiger partial charge in [-0.15, -0.1) is 0 Å².